The fraction of sp³-hybridized carbons (Fsp3) is 0.333. The first kappa shape index (κ1) is 10.1. The van der Waals surface area contributed by atoms with Gasteiger partial charge >= 0.3 is 5.97 Å². The first-order valence-corrected chi connectivity index (χ1v) is 5.64. The van der Waals surface area contributed by atoms with Gasteiger partial charge in [-0.15, -0.1) is 0 Å². The summed E-state index contributed by atoms with van der Waals surface area (Å²) in [6.45, 7) is 0. The van der Waals surface area contributed by atoms with E-state index < -0.39 is 11.4 Å². The number of aliphatic carboxylic acids is 1. The number of carboxylic acids is 1. The number of hydrogen-bond acceptors (Lipinski definition) is 2. The van der Waals surface area contributed by atoms with Crippen LogP contribution in [0.4, 0.5) is 0 Å². The van der Waals surface area contributed by atoms with Gasteiger partial charge in [-0.3, -0.25) is 4.79 Å². The molecule has 2 aromatic heterocycles. The van der Waals surface area contributed by atoms with Crippen LogP contribution in [0, 0.1) is 0 Å². The van der Waals surface area contributed by atoms with E-state index >= 15 is 0 Å². The molecule has 1 aliphatic carbocycles. The second-order valence-electron chi connectivity index (χ2n) is 4.49. The summed E-state index contributed by atoms with van der Waals surface area (Å²) in [5.74, 6) is -0.203. The van der Waals surface area contributed by atoms with E-state index in [1.807, 2.05) is 18.5 Å². The number of aromatic nitrogens is 3. The van der Waals surface area contributed by atoms with Crippen LogP contribution in [0.3, 0.4) is 0 Å². The van der Waals surface area contributed by atoms with Crippen molar-refractivity contribution < 1.29 is 9.90 Å². The first-order valence-electron chi connectivity index (χ1n) is 5.64. The van der Waals surface area contributed by atoms with Crippen molar-refractivity contribution in [2.75, 3.05) is 0 Å². The third-order valence-electron chi connectivity index (χ3n) is 3.55. The van der Waals surface area contributed by atoms with Crippen molar-refractivity contribution in [3.05, 3.63) is 30.5 Å². The van der Waals surface area contributed by atoms with E-state index in [2.05, 4.69) is 15.0 Å². The first-order chi connectivity index (χ1) is 8.22. The van der Waals surface area contributed by atoms with Crippen molar-refractivity contribution in [3.8, 4) is 11.3 Å². The molecule has 5 nitrogen and oxygen atoms in total. The van der Waals surface area contributed by atoms with Crippen LogP contribution in [0.25, 0.3) is 11.3 Å². The van der Waals surface area contributed by atoms with Crippen molar-refractivity contribution in [1.82, 2.24) is 15.0 Å². The van der Waals surface area contributed by atoms with Crippen LogP contribution in [-0.4, -0.2) is 26.0 Å². The van der Waals surface area contributed by atoms with Gasteiger partial charge in [-0.05, 0) is 18.9 Å². The maximum Gasteiger partial charge on any atom is 0.317 e. The smallest absolute Gasteiger partial charge is 0.317 e. The molecule has 0 aromatic carbocycles. The maximum atomic E-state index is 11.3. The second-order valence-corrected chi connectivity index (χ2v) is 4.49. The van der Waals surface area contributed by atoms with Crippen LogP contribution in [0.2, 0.25) is 0 Å². The average Bonchev–Trinajstić information content (AvgIpc) is 2.83. The lowest BCUT2D eigenvalue weighted by Gasteiger charge is -2.35. The molecule has 1 saturated carbocycles. The minimum absolute atomic E-state index is 0.576. The van der Waals surface area contributed by atoms with E-state index in [1.165, 1.54) is 0 Å². The van der Waals surface area contributed by atoms with Gasteiger partial charge in [0.25, 0.3) is 0 Å². The van der Waals surface area contributed by atoms with Gasteiger partial charge in [0.2, 0.25) is 0 Å². The van der Waals surface area contributed by atoms with Crippen LogP contribution in [0.15, 0.2) is 24.7 Å². The monoisotopic (exact) mass is 231 g/mol. The fourth-order valence-electron chi connectivity index (χ4n) is 2.28. The van der Waals surface area contributed by atoms with E-state index in [4.69, 9.17) is 0 Å². The Kier molecular flexibility index (Phi) is 2.07. The van der Waals surface area contributed by atoms with Crippen LogP contribution >= 0.6 is 0 Å². The number of hydrogen-bond donors (Lipinski definition) is 3. The third-order valence-corrected chi connectivity index (χ3v) is 3.55. The molecule has 2 aromatic rings. The summed E-state index contributed by atoms with van der Waals surface area (Å²) in [5.41, 5.74) is 1.06. The molecule has 3 N–H and O–H groups in total. The van der Waals surface area contributed by atoms with Crippen LogP contribution < -0.4 is 0 Å². The van der Waals surface area contributed by atoms with E-state index in [9.17, 15) is 9.90 Å². The number of H-pyrrole nitrogens is 2. The molecule has 17 heavy (non-hydrogen) atoms. The molecule has 0 amide bonds. The van der Waals surface area contributed by atoms with E-state index in [-0.39, 0.29) is 0 Å². The largest absolute Gasteiger partial charge is 0.480 e. The van der Waals surface area contributed by atoms with Gasteiger partial charge in [0, 0.05) is 18.0 Å². The molecule has 1 fully saturated rings. The zero-order valence-corrected chi connectivity index (χ0v) is 9.23. The van der Waals surface area contributed by atoms with Gasteiger partial charge < -0.3 is 15.1 Å². The van der Waals surface area contributed by atoms with Crippen LogP contribution in [-0.2, 0) is 10.2 Å². The number of carbonyl (C=O) groups is 1. The Morgan fingerprint density at radius 2 is 2.29 bits per heavy atom. The summed E-state index contributed by atoms with van der Waals surface area (Å²) in [6.07, 6.45) is 7.66. The maximum absolute atomic E-state index is 11.3. The highest BCUT2D eigenvalue weighted by Gasteiger charge is 2.48. The van der Waals surface area contributed by atoms with Crippen molar-refractivity contribution in [2.24, 2.45) is 0 Å². The van der Waals surface area contributed by atoms with Gasteiger partial charge in [0.15, 0.2) is 0 Å². The minimum Gasteiger partial charge on any atom is -0.480 e. The zero-order valence-electron chi connectivity index (χ0n) is 9.23. The number of nitrogens with zero attached hydrogens (tertiary/aromatic N) is 1. The van der Waals surface area contributed by atoms with Crippen molar-refractivity contribution in [2.45, 2.75) is 24.7 Å². The molecule has 0 atom stereocenters. The fourth-order valence-corrected chi connectivity index (χ4v) is 2.28. The van der Waals surface area contributed by atoms with Crippen LogP contribution in [0.1, 0.15) is 25.1 Å². The summed E-state index contributed by atoms with van der Waals surface area (Å²) in [4.78, 5) is 21.7. The highest BCUT2D eigenvalue weighted by Crippen LogP contribution is 2.42. The summed E-state index contributed by atoms with van der Waals surface area (Å²) in [5, 5.41) is 9.31. The highest BCUT2D eigenvalue weighted by atomic mass is 16.4. The Morgan fingerprint density at radius 1 is 1.47 bits per heavy atom. The molecule has 0 spiro atoms. The summed E-state index contributed by atoms with van der Waals surface area (Å²) < 4.78 is 0. The van der Waals surface area contributed by atoms with Crippen molar-refractivity contribution >= 4 is 5.97 Å². The van der Waals surface area contributed by atoms with Gasteiger partial charge in [0.05, 0.1) is 11.9 Å². The number of carboxylic acid groups (broad SMARTS) is 1. The number of aromatic amines is 2. The molecular weight excluding hydrogens is 218 g/mol. The third kappa shape index (κ3) is 1.39. The molecule has 0 saturated heterocycles. The number of rotatable bonds is 3. The summed E-state index contributed by atoms with van der Waals surface area (Å²) in [7, 11) is 0. The topological polar surface area (TPSA) is 81.8 Å². The predicted octanol–water partition coefficient (Wildman–Crippen LogP) is 1.91. The molecule has 0 unspecified atom stereocenters. The van der Waals surface area contributed by atoms with E-state index in [0.717, 1.165) is 17.7 Å². The van der Waals surface area contributed by atoms with Crippen LogP contribution in [0.5, 0.6) is 0 Å². The molecule has 88 valence electrons. The number of imidazole rings is 1. The number of nitrogens with one attached hydrogen (secondary N) is 2. The Labute approximate surface area is 97.9 Å². The minimum atomic E-state index is -0.783. The molecule has 0 aliphatic heterocycles. The normalized spacial score (nSPS) is 17.6. The Hall–Kier alpha value is -2.04. The van der Waals surface area contributed by atoms with E-state index in [0.29, 0.717) is 18.7 Å². The predicted molar refractivity (Wildman–Crippen MR) is 61.5 cm³/mol. The van der Waals surface area contributed by atoms with Crippen molar-refractivity contribution in [1.29, 1.82) is 0 Å². The van der Waals surface area contributed by atoms with Gasteiger partial charge in [0.1, 0.15) is 11.2 Å². The summed E-state index contributed by atoms with van der Waals surface area (Å²) >= 11 is 0. The lowest BCUT2D eigenvalue weighted by molar-refractivity contribution is -0.147. The zero-order chi connectivity index (χ0) is 11.9. The Bertz CT molecular complexity index is 538. The molecule has 2 heterocycles. The molecule has 5 heteroatoms. The Balaban J connectivity index is 1.98. The molecule has 0 radical (unpaired) electrons. The molecule has 0 bridgehead atoms. The lowest BCUT2D eigenvalue weighted by atomic mass is 9.68. The van der Waals surface area contributed by atoms with E-state index in [1.54, 1.807) is 6.20 Å². The lowest BCUT2D eigenvalue weighted by Crippen LogP contribution is -2.43. The SMILES string of the molecule is O=C(O)C1(c2ncc(-c3cc[nH]c3)[nH]2)CCC1. The quantitative estimate of drug-likeness (QED) is 0.754. The van der Waals surface area contributed by atoms with Crippen molar-refractivity contribution in [3.63, 3.8) is 0 Å². The second kappa shape index (κ2) is 3.48. The van der Waals surface area contributed by atoms with Gasteiger partial charge in [-0.2, -0.15) is 0 Å². The molecule has 3 rings (SSSR count). The van der Waals surface area contributed by atoms with Gasteiger partial charge in [-0.25, -0.2) is 4.98 Å². The standard InChI is InChI=1S/C12H13N3O2/c16-11(17)12(3-1-4-12)10-14-7-9(15-10)8-2-5-13-6-8/h2,5-7,13H,1,3-4H2,(H,14,15)(H,16,17). The Morgan fingerprint density at radius 3 is 2.82 bits per heavy atom. The highest BCUT2D eigenvalue weighted by molar-refractivity contribution is 5.81. The van der Waals surface area contributed by atoms with Gasteiger partial charge in [-0.1, -0.05) is 6.42 Å². The average molecular weight is 231 g/mol. The molecule has 1 aliphatic rings. The molecular formula is C12H13N3O2. The summed E-state index contributed by atoms with van der Waals surface area (Å²) in [6, 6.07) is 1.92.